The fraction of sp³-hybridized carbons (Fsp3) is 0.462. The molecule has 2 N–H and O–H groups in total. The largest absolute Gasteiger partial charge is 0.506 e. The van der Waals surface area contributed by atoms with Gasteiger partial charge in [0, 0.05) is 11.6 Å². The number of rotatable bonds is 4. The number of phenols is 1. The number of hydrogen-bond acceptors (Lipinski definition) is 2. The third kappa shape index (κ3) is 3.63. The second-order valence-electron chi connectivity index (χ2n) is 4.40. The number of hydrogen-bond donors (Lipinski definition) is 2. The highest BCUT2D eigenvalue weighted by molar-refractivity contribution is 6.32. The Morgan fingerprint density at radius 3 is 2.59 bits per heavy atom. The van der Waals surface area contributed by atoms with E-state index >= 15 is 0 Å². The van der Waals surface area contributed by atoms with Gasteiger partial charge in [0.1, 0.15) is 5.75 Å². The monoisotopic (exact) mass is 255 g/mol. The molecule has 0 bridgehead atoms. The zero-order chi connectivity index (χ0) is 13.0. The summed E-state index contributed by atoms with van der Waals surface area (Å²) in [6.07, 6.45) is 0.884. The van der Waals surface area contributed by atoms with E-state index in [4.69, 9.17) is 11.6 Å². The maximum absolute atomic E-state index is 11.9. The Kier molecular flexibility index (Phi) is 4.82. The molecule has 0 spiro atoms. The molecular formula is C13H18ClNO2. The maximum atomic E-state index is 11.9. The molecule has 0 saturated carbocycles. The summed E-state index contributed by atoms with van der Waals surface area (Å²) in [6, 6.07) is 4.60. The van der Waals surface area contributed by atoms with E-state index in [1.165, 1.54) is 12.1 Å². The van der Waals surface area contributed by atoms with Crippen LogP contribution in [0.3, 0.4) is 0 Å². The molecule has 1 aromatic rings. The van der Waals surface area contributed by atoms with E-state index in [9.17, 15) is 9.90 Å². The second-order valence-corrected chi connectivity index (χ2v) is 4.81. The molecule has 1 amide bonds. The van der Waals surface area contributed by atoms with Crippen molar-refractivity contribution in [3.8, 4) is 5.75 Å². The van der Waals surface area contributed by atoms with Gasteiger partial charge in [-0.1, -0.05) is 32.4 Å². The quantitative estimate of drug-likeness (QED) is 0.868. The van der Waals surface area contributed by atoms with Crippen molar-refractivity contribution in [2.75, 3.05) is 0 Å². The summed E-state index contributed by atoms with van der Waals surface area (Å²) in [5.41, 5.74) is 0.465. The van der Waals surface area contributed by atoms with Gasteiger partial charge in [0.05, 0.1) is 5.02 Å². The van der Waals surface area contributed by atoms with Crippen LogP contribution in [0.5, 0.6) is 5.75 Å². The van der Waals surface area contributed by atoms with Crippen LogP contribution in [-0.4, -0.2) is 17.1 Å². The van der Waals surface area contributed by atoms with Crippen molar-refractivity contribution in [3.63, 3.8) is 0 Å². The molecule has 3 nitrogen and oxygen atoms in total. The van der Waals surface area contributed by atoms with Crippen molar-refractivity contribution in [2.45, 2.75) is 33.2 Å². The highest BCUT2D eigenvalue weighted by atomic mass is 35.5. The molecule has 0 saturated heterocycles. The number of carbonyl (C=O) groups excluding carboxylic acids is 1. The first-order chi connectivity index (χ1) is 7.95. The number of phenolic OH excluding ortho intramolecular Hbond substituents is 1. The minimum Gasteiger partial charge on any atom is -0.506 e. The Balaban J connectivity index is 2.79. The van der Waals surface area contributed by atoms with Gasteiger partial charge in [0.25, 0.3) is 5.91 Å². The first-order valence-electron chi connectivity index (χ1n) is 5.75. The van der Waals surface area contributed by atoms with Crippen LogP contribution in [0.15, 0.2) is 18.2 Å². The second kappa shape index (κ2) is 5.92. The van der Waals surface area contributed by atoms with Gasteiger partial charge in [0.2, 0.25) is 0 Å². The number of halogens is 1. The molecular weight excluding hydrogens is 238 g/mol. The molecule has 0 radical (unpaired) electrons. The average Bonchev–Trinajstić information content (AvgIpc) is 2.28. The summed E-state index contributed by atoms with van der Waals surface area (Å²) in [7, 11) is 0. The first kappa shape index (κ1) is 13.8. The standard InChI is InChI=1S/C13H18ClNO2/c1-4-11(8(2)3)15-13(17)9-5-6-12(16)10(14)7-9/h5-8,11,16H,4H2,1-3H3,(H,15,17). The molecule has 0 heterocycles. The first-order valence-corrected chi connectivity index (χ1v) is 6.12. The molecule has 0 aliphatic carbocycles. The van der Waals surface area contributed by atoms with Gasteiger partial charge >= 0.3 is 0 Å². The van der Waals surface area contributed by atoms with E-state index in [-0.39, 0.29) is 22.7 Å². The summed E-state index contributed by atoms with van der Waals surface area (Å²) in [4.78, 5) is 11.9. The van der Waals surface area contributed by atoms with Crippen LogP contribution in [0.2, 0.25) is 5.02 Å². The molecule has 4 heteroatoms. The molecule has 17 heavy (non-hydrogen) atoms. The van der Waals surface area contributed by atoms with Gasteiger partial charge in [-0.2, -0.15) is 0 Å². The van der Waals surface area contributed by atoms with E-state index in [1.54, 1.807) is 6.07 Å². The van der Waals surface area contributed by atoms with Crippen molar-refractivity contribution in [1.82, 2.24) is 5.32 Å². The topological polar surface area (TPSA) is 49.3 Å². The minimum absolute atomic E-state index is 0.0147. The summed E-state index contributed by atoms with van der Waals surface area (Å²) in [6.45, 7) is 6.17. The SMILES string of the molecule is CCC(NC(=O)c1ccc(O)c(Cl)c1)C(C)C. The molecule has 0 fully saturated rings. The van der Waals surface area contributed by atoms with Crippen molar-refractivity contribution in [2.24, 2.45) is 5.92 Å². The molecule has 94 valence electrons. The molecule has 1 rings (SSSR count). The van der Waals surface area contributed by atoms with Crippen LogP contribution in [0.4, 0.5) is 0 Å². The molecule has 0 aliphatic rings. The average molecular weight is 256 g/mol. The molecule has 0 aromatic heterocycles. The summed E-state index contributed by atoms with van der Waals surface area (Å²) >= 11 is 5.76. The van der Waals surface area contributed by atoms with Gasteiger partial charge in [-0.3, -0.25) is 4.79 Å². The van der Waals surface area contributed by atoms with Crippen LogP contribution < -0.4 is 5.32 Å². The highest BCUT2D eigenvalue weighted by Gasteiger charge is 2.15. The normalized spacial score (nSPS) is 12.5. The third-order valence-corrected chi connectivity index (χ3v) is 3.07. The Hall–Kier alpha value is -1.22. The van der Waals surface area contributed by atoms with Gasteiger partial charge < -0.3 is 10.4 Å². The number of benzene rings is 1. The summed E-state index contributed by atoms with van der Waals surface area (Å²) in [5, 5.41) is 12.4. The minimum atomic E-state index is -0.160. The van der Waals surface area contributed by atoms with E-state index in [0.717, 1.165) is 6.42 Å². The lowest BCUT2D eigenvalue weighted by molar-refractivity contribution is 0.0924. The molecule has 1 unspecified atom stereocenters. The van der Waals surface area contributed by atoms with Crippen LogP contribution in [-0.2, 0) is 0 Å². The van der Waals surface area contributed by atoms with Crippen molar-refractivity contribution in [3.05, 3.63) is 28.8 Å². The highest BCUT2D eigenvalue weighted by Crippen LogP contribution is 2.23. The lowest BCUT2D eigenvalue weighted by Crippen LogP contribution is -2.37. The Labute approximate surface area is 107 Å². The van der Waals surface area contributed by atoms with Gasteiger partial charge in [-0.15, -0.1) is 0 Å². The molecule has 1 atom stereocenters. The van der Waals surface area contributed by atoms with Gasteiger partial charge in [-0.05, 0) is 30.5 Å². The van der Waals surface area contributed by atoms with Crippen molar-refractivity contribution in [1.29, 1.82) is 0 Å². The number of carbonyl (C=O) groups is 1. The fourth-order valence-corrected chi connectivity index (χ4v) is 1.82. The van der Waals surface area contributed by atoms with Gasteiger partial charge in [0.15, 0.2) is 0 Å². The lowest BCUT2D eigenvalue weighted by Gasteiger charge is -2.20. The van der Waals surface area contributed by atoms with E-state index in [1.807, 2.05) is 6.92 Å². The van der Waals surface area contributed by atoms with Crippen LogP contribution in [0.1, 0.15) is 37.6 Å². The van der Waals surface area contributed by atoms with Crippen LogP contribution in [0, 0.1) is 5.92 Å². The smallest absolute Gasteiger partial charge is 0.251 e. The predicted molar refractivity (Wildman–Crippen MR) is 69.5 cm³/mol. The fourth-order valence-electron chi connectivity index (χ4n) is 1.64. The van der Waals surface area contributed by atoms with Crippen LogP contribution in [0.25, 0.3) is 0 Å². The molecule has 0 aliphatic heterocycles. The summed E-state index contributed by atoms with van der Waals surface area (Å²) in [5.74, 6) is 0.211. The Bertz CT molecular complexity index is 404. The number of amides is 1. The zero-order valence-corrected chi connectivity index (χ0v) is 11.1. The van der Waals surface area contributed by atoms with E-state index in [0.29, 0.717) is 11.5 Å². The van der Waals surface area contributed by atoms with E-state index < -0.39 is 0 Å². The van der Waals surface area contributed by atoms with Crippen molar-refractivity contribution < 1.29 is 9.90 Å². The van der Waals surface area contributed by atoms with Gasteiger partial charge in [-0.25, -0.2) is 0 Å². The number of nitrogens with one attached hydrogen (secondary N) is 1. The zero-order valence-electron chi connectivity index (χ0n) is 10.3. The Morgan fingerprint density at radius 2 is 2.12 bits per heavy atom. The maximum Gasteiger partial charge on any atom is 0.251 e. The van der Waals surface area contributed by atoms with Crippen LogP contribution >= 0.6 is 11.6 Å². The lowest BCUT2D eigenvalue weighted by atomic mass is 10.0. The van der Waals surface area contributed by atoms with Crippen molar-refractivity contribution >= 4 is 17.5 Å². The Morgan fingerprint density at radius 1 is 1.47 bits per heavy atom. The number of aromatic hydroxyl groups is 1. The third-order valence-electron chi connectivity index (χ3n) is 2.77. The predicted octanol–water partition coefficient (Wildman–Crippen LogP) is 3.21. The summed E-state index contributed by atoms with van der Waals surface area (Å²) < 4.78 is 0. The van der Waals surface area contributed by atoms with E-state index in [2.05, 4.69) is 19.2 Å². The molecule has 1 aromatic carbocycles.